The van der Waals surface area contributed by atoms with E-state index in [0.29, 0.717) is 18.3 Å². The van der Waals surface area contributed by atoms with Gasteiger partial charge in [-0.3, -0.25) is 0 Å². The first-order chi connectivity index (χ1) is 8.72. The fourth-order valence-corrected chi connectivity index (χ4v) is 2.61. The Morgan fingerprint density at radius 1 is 1.06 bits per heavy atom. The van der Waals surface area contributed by atoms with Crippen LogP contribution < -0.4 is 5.32 Å². The lowest BCUT2D eigenvalue weighted by Gasteiger charge is -2.32. The van der Waals surface area contributed by atoms with Gasteiger partial charge in [-0.2, -0.15) is 0 Å². The van der Waals surface area contributed by atoms with Crippen LogP contribution in [0.15, 0.2) is 0 Å². The first kappa shape index (κ1) is 15.9. The molecule has 0 amide bonds. The second-order valence-corrected chi connectivity index (χ2v) is 5.49. The van der Waals surface area contributed by atoms with Gasteiger partial charge in [-0.1, -0.05) is 19.8 Å². The van der Waals surface area contributed by atoms with Crippen molar-refractivity contribution >= 4 is 0 Å². The second kappa shape index (κ2) is 9.76. The molecule has 2 unspecified atom stereocenters. The van der Waals surface area contributed by atoms with Crippen molar-refractivity contribution in [3.05, 3.63) is 0 Å². The van der Waals surface area contributed by atoms with Crippen molar-refractivity contribution in [1.29, 1.82) is 0 Å². The molecule has 1 N–H and O–H groups in total. The number of ether oxygens (including phenoxy) is 2. The number of hydrogen-bond acceptors (Lipinski definition) is 3. The summed E-state index contributed by atoms with van der Waals surface area (Å²) < 4.78 is 11.7. The summed E-state index contributed by atoms with van der Waals surface area (Å²) in [6.07, 6.45) is 8.36. The molecule has 1 aliphatic rings. The van der Waals surface area contributed by atoms with Gasteiger partial charge < -0.3 is 14.8 Å². The van der Waals surface area contributed by atoms with Crippen LogP contribution in [0.4, 0.5) is 0 Å². The first-order valence-electron chi connectivity index (χ1n) is 7.70. The molecule has 0 aromatic rings. The van der Waals surface area contributed by atoms with Gasteiger partial charge in [0.2, 0.25) is 0 Å². The van der Waals surface area contributed by atoms with Crippen molar-refractivity contribution in [1.82, 2.24) is 5.32 Å². The second-order valence-electron chi connectivity index (χ2n) is 5.49. The van der Waals surface area contributed by atoms with Gasteiger partial charge in [0.1, 0.15) is 0 Å². The van der Waals surface area contributed by atoms with Gasteiger partial charge in [0.25, 0.3) is 0 Å². The van der Waals surface area contributed by atoms with Crippen molar-refractivity contribution in [3.8, 4) is 0 Å². The normalized spacial score (nSPS) is 28.5. The summed E-state index contributed by atoms with van der Waals surface area (Å²) in [7, 11) is 0. The minimum Gasteiger partial charge on any atom is -0.378 e. The molecule has 0 radical (unpaired) electrons. The molecule has 2 atom stereocenters. The summed E-state index contributed by atoms with van der Waals surface area (Å²) in [6, 6.07) is 0. The van der Waals surface area contributed by atoms with E-state index in [1.54, 1.807) is 0 Å². The van der Waals surface area contributed by atoms with Crippen molar-refractivity contribution in [2.75, 3.05) is 19.7 Å². The predicted octanol–water partition coefficient (Wildman–Crippen LogP) is 3.13. The molecule has 108 valence electrons. The van der Waals surface area contributed by atoms with E-state index < -0.39 is 0 Å². The van der Waals surface area contributed by atoms with E-state index in [4.69, 9.17) is 9.47 Å². The molecule has 0 aromatic carbocycles. The molecule has 1 heterocycles. The van der Waals surface area contributed by atoms with Crippen LogP contribution in [0, 0.1) is 0 Å². The Morgan fingerprint density at radius 3 is 2.39 bits per heavy atom. The molecule has 3 nitrogen and oxygen atoms in total. The van der Waals surface area contributed by atoms with Crippen LogP contribution in [-0.2, 0) is 9.47 Å². The molecule has 3 heteroatoms. The minimum atomic E-state index is 0.360. The van der Waals surface area contributed by atoms with Gasteiger partial charge in [-0.15, -0.1) is 0 Å². The molecular formula is C15H31NO2. The third kappa shape index (κ3) is 7.34. The molecule has 0 aliphatic carbocycles. The van der Waals surface area contributed by atoms with Crippen molar-refractivity contribution in [2.24, 2.45) is 0 Å². The Kier molecular flexibility index (Phi) is 8.64. The zero-order valence-corrected chi connectivity index (χ0v) is 12.4. The van der Waals surface area contributed by atoms with Crippen LogP contribution >= 0.6 is 0 Å². The van der Waals surface area contributed by atoms with Gasteiger partial charge in [0, 0.05) is 6.61 Å². The standard InChI is InChI=1S/C15H31NO2/c1-4-16-9-7-5-6-8-10-17-15-11-13(2)18-14(3)12-15/h13-16H,4-12H2,1-3H3. The van der Waals surface area contributed by atoms with Gasteiger partial charge >= 0.3 is 0 Å². The highest BCUT2D eigenvalue weighted by atomic mass is 16.5. The quantitative estimate of drug-likeness (QED) is 0.644. The van der Waals surface area contributed by atoms with Crippen LogP contribution in [-0.4, -0.2) is 38.0 Å². The third-order valence-corrected chi connectivity index (χ3v) is 3.51. The molecule has 0 spiro atoms. The summed E-state index contributed by atoms with van der Waals surface area (Å²) in [5.41, 5.74) is 0. The zero-order chi connectivity index (χ0) is 13.2. The summed E-state index contributed by atoms with van der Waals surface area (Å²) in [4.78, 5) is 0. The average molecular weight is 257 g/mol. The minimum absolute atomic E-state index is 0.360. The highest BCUT2D eigenvalue weighted by Gasteiger charge is 2.24. The van der Waals surface area contributed by atoms with Crippen LogP contribution in [0.25, 0.3) is 0 Å². The van der Waals surface area contributed by atoms with Gasteiger partial charge in [0.15, 0.2) is 0 Å². The van der Waals surface area contributed by atoms with Crippen LogP contribution in [0.2, 0.25) is 0 Å². The monoisotopic (exact) mass is 257 g/mol. The Balaban J connectivity index is 1.91. The summed E-state index contributed by atoms with van der Waals surface area (Å²) in [5.74, 6) is 0. The SMILES string of the molecule is CCNCCCCCCOC1CC(C)OC(C)C1. The molecular weight excluding hydrogens is 226 g/mol. The maximum atomic E-state index is 5.96. The van der Waals surface area contributed by atoms with Gasteiger partial charge in [-0.25, -0.2) is 0 Å². The molecule has 0 bridgehead atoms. The summed E-state index contributed by atoms with van der Waals surface area (Å²) in [5, 5.41) is 3.36. The number of rotatable bonds is 9. The van der Waals surface area contributed by atoms with E-state index in [-0.39, 0.29) is 0 Å². The Labute approximate surface area is 113 Å². The molecule has 18 heavy (non-hydrogen) atoms. The van der Waals surface area contributed by atoms with E-state index >= 15 is 0 Å². The fraction of sp³-hybridized carbons (Fsp3) is 1.00. The van der Waals surface area contributed by atoms with E-state index in [9.17, 15) is 0 Å². The first-order valence-corrected chi connectivity index (χ1v) is 7.70. The molecule has 1 aliphatic heterocycles. The predicted molar refractivity (Wildman–Crippen MR) is 76.0 cm³/mol. The number of unbranched alkanes of at least 4 members (excludes halogenated alkanes) is 3. The Morgan fingerprint density at radius 2 is 1.72 bits per heavy atom. The van der Waals surface area contributed by atoms with E-state index in [1.165, 1.54) is 25.7 Å². The van der Waals surface area contributed by atoms with Gasteiger partial charge in [-0.05, 0) is 52.6 Å². The lowest BCUT2D eigenvalue weighted by Crippen LogP contribution is -2.34. The smallest absolute Gasteiger partial charge is 0.0624 e. The average Bonchev–Trinajstić information content (AvgIpc) is 2.31. The van der Waals surface area contributed by atoms with E-state index in [0.717, 1.165) is 32.5 Å². The van der Waals surface area contributed by atoms with Crippen LogP contribution in [0.1, 0.15) is 59.3 Å². The largest absolute Gasteiger partial charge is 0.378 e. The number of hydrogen-bond donors (Lipinski definition) is 1. The number of nitrogens with one attached hydrogen (secondary N) is 1. The topological polar surface area (TPSA) is 30.5 Å². The van der Waals surface area contributed by atoms with Crippen molar-refractivity contribution in [3.63, 3.8) is 0 Å². The van der Waals surface area contributed by atoms with E-state index in [1.807, 2.05) is 0 Å². The maximum Gasteiger partial charge on any atom is 0.0624 e. The van der Waals surface area contributed by atoms with Crippen molar-refractivity contribution in [2.45, 2.75) is 77.6 Å². The summed E-state index contributed by atoms with van der Waals surface area (Å²) in [6.45, 7) is 9.62. The van der Waals surface area contributed by atoms with Crippen molar-refractivity contribution < 1.29 is 9.47 Å². The zero-order valence-electron chi connectivity index (χ0n) is 12.4. The molecule has 0 aromatic heterocycles. The molecule has 1 rings (SSSR count). The Hall–Kier alpha value is -0.120. The molecule has 0 saturated carbocycles. The van der Waals surface area contributed by atoms with Crippen LogP contribution in [0.3, 0.4) is 0 Å². The lowest BCUT2D eigenvalue weighted by atomic mass is 10.0. The van der Waals surface area contributed by atoms with Gasteiger partial charge in [0.05, 0.1) is 18.3 Å². The molecule has 1 saturated heterocycles. The maximum absolute atomic E-state index is 5.96. The molecule has 1 fully saturated rings. The third-order valence-electron chi connectivity index (χ3n) is 3.51. The highest BCUT2D eigenvalue weighted by molar-refractivity contribution is 4.73. The Bertz CT molecular complexity index is 189. The highest BCUT2D eigenvalue weighted by Crippen LogP contribution is 2.21. The lowest BCUT2D eigenvalue weighted by molar-refractivity contribution is -0.102. The van der Waals surface area contributed by atoms with Crippen LogP contribution in [0.5, 0.6) is 0 Å². The van der Waals surface area contributed by atoms with E-state index in [2.05, 4.69) is 26.1 Å². The summed E-state index contributed by atoms with van der Waals surface area (Å²) >= 11 is 0. The fourth-order valence-electron chi connectivity index (χ4n) is 2.61.